The van der Waals surface area contributed by atoms with Crippen molar-refractivity contribution in [2.75, 3.05) is 6.54 Å². The van der Waals surface area contributed by atoms with Crippen LogP contribution >= 0.6 is 0 Å². The lowest BCUT2D eigenvalue weighted by Crippen LogP contribution is -2.36. The Bertz CT molecular complexity index is 389. The van der Waals surface area contributed by atoms with Crippen molar-refractivity contribution in [2.24, 2.45) is 5.84 Å². The van der Waals surface area contributed by atoms with Crippen LogP contribution in [-0.4, -0.2) is 23.4 Å². The molecule has 0 aromatic carbocycles. The first-order valence-electron chi connectivity index (χ1n) is 6.04. The number of nitrogens with one attached hydrogen (secondary N) is 1. The molecule has 1 aromatic rings. The maximum absolute atomic E-state index is 11.2. The quantitative estimate of drug-likeness (QED) is 0.471. The molecule has 5 nitrogen and oxygen atoms in total. The minimum Gasteiger partial charge on any atom is -0.455 e. The van der Waals surface area contributed by atoms with Crippen LogP contribution in [0, 0.1) is 0 Å². The lowest BCUT2D eigenvalue weighted by molar-refractivity contribution is 0.0918. The normalized spacial score (nSPS) is 21.4. The van der Waals surface area contributed by atoms with Crippen LogP contribution in [0.1, 0.15) is 42.5 Å². The zero-order valence-electron chi connectivity index (χ0n) is 10.1. The minimum absolute atomic E-state index is 0.271. The van der Waals surface area contributed by atoms with Crippen LogP contribution in [0.5, 0.6) is 0 Å². The Hall–Kier alpha value is -1.33. The van der Waals surface area contributed by atoms with Gasteiger partial charge in [-0.25, -0.2) is 5.84 Å². The highest BCUT2D eigenvalue weighted by molar-refractivity contribution is 5.90. The molecule has 94 valence electrons. The molecule has 1 atom stereocenters. The number of nitrogen functional groups attached to an aromatic ring is 1. The summed E-state index contributed by atoms with van der Waals surface area (Å²) in [6.45, 7) is 4.09. The van der Waals surface area contributed by atoms with E-state index in [1.807, 2.05) is 6.07 Å². The number of furan rings is 1. The van der Waals surface area contributed by atoms with E-state index < -0.39 is 0 Å². The fourth-order valence-electron chi connectivity index (χ4n) is 2.25. The molecular formula is C12H19N3O2. The standard InChI is InChI=1S/C12H19N3O2/c1-9-4-2-3-7-15(9)8-10-5-6-11(17-10)12(16)14-13/h5-6,9H,2-4,7-8,13H2,1H3,(H,14,16). The van der Waals surface area contributed by atoms with Crippen molar-refractivity contribution in [1.82, 2.24) is 10.3 Å². The Morgan fingerprint density at radius 2 is 2.41 bits per heavy atom. The Labute approximate surface area is 101 Å². The van der Waals surface area contributed by atoms with Gasteiger partial charge in [-0.15, -0.1) is 0 Å². The lowest BCUT2D eigenvalue weighted by atomic mass is 10.0. The summed E-state index contributed by atoms with van der Waals surface area (Å²) in [4.78, 5) is 13.6. The van der Waals surface area contributed by atoms with E-state index >= 15 is 0 Å². The molecule has 0 aliphatic carbocycles. The van der Waals surface area contributed by atoms with Gasteiger partial charge in [0.25, 0.3) is 0 Å². The molecular weight excluding hydrogens is 218 g/mol. The van der Waals surface area contributed by atoms with Crippen molar-refractivity contribution in [1.29, 1.82) is 0 Å². The third kappa shape index (κ3) is 2.87. The van der Waals surface area contributed by atoms with Gasteiger partial charge >= 0.3 is 5.91 Å². The largest absolute Gasteiger partial charge is 0.455 e. The number of hydrazine groups is 1. The summed E-state index contributed by atoms with van der Waals surface area (Å²) in [5, 5.41) is 0. The smallest absolute Gasteiger partial charge is 0.300 e. The molecule has 3 N–H and O–H groups in total. The highest BCUT2D eigenvalue weighted by Crippen LogP contribution is 2.20. The molecule has 1 saturated heterocycles. The number of likely N-dealkylation sites (tertiary alicyclic amines) is 1. The average Bonchev–Trinajstić information content (AvgIpc) is 2.80. The van der Waals surface area contributed by atoms with E-state index in [2.05, 4.69) is 17.2 Å². The van der Waals surface area contributed by atoms with E-state index in [-0.39, 0.29) is 11.7 Å². The molecule has 0 bridgehead atoms. The number of nitrogens with two attached hydrogens (primary N) is 1. The first kappa shape index (κ1) is 12.1. The van der Waals surface area contributed by atoms with Crippen molar-refractivity contribution in [3.63, 3.8) is 0 Å². The molecule has 5 heteroatoms. The third-order valence-corrected chi connectivity index (χ3v) is 3.32. The maximum Gasteiger partial charge on any atom is 0.300 e. The van der Waals surface area contributed by atoms with E-state index in [4.69, 9.17) is 10.3 Å². The number of nitrogens with zero attached hydrogens (tertiary/aromatic N) is 1. The summed E-state index contributed by atoms with van der Waals surface area (Å²) in [5.41, 5.74) is 2.06. The topological polar surface area (TPSA) is 71.5 Å². The fraction of sp³-hybridized carbons (Fsp3) is 0.583. The Kier molecular flexibility index (Phi) is 3.81. The number of piperidine rings is 1. The second-order valence-electron chi connectivity index (χ2n) is 4.55. The molecule has 1 fully saturated rings. The van der Waals surface area contributed by atoms with E-state index in [0.717, 1.165) is 18.8 Å². The SMILES string of the molecule is CC1CCCCN1Cc1ccc(C(=O)NN)o1. The number of amides is 1. The van der Waals surface area contributed by atoms with Crippen LogP contribution in [0.3, 0.4) is 0 Å². The lowest BCUT2D eigenvalue weighted by Gasteiger charge is -2.32. The summed E-state index contributed by atoms with van der Waals surface area (Å²) in [6, 6.07) is 4.08. The van der Waals surface area contributed by atoms with E-state index in [9.17, 15) is 4.79 Å². The molecule has 2 heterocycles. The van der Waals surface area contributed by atoms with Crippen LogP contribution < -0.4 is 11.3 Å². The zero-order chi connectivity index (χ0) is 12.3. The average molecular weight is 237 g/mol. The number of rotatable bonds is 3. The van der Waals surface area contributed by atoms with Gasteiger partial charge in [0.05, 0.1) is 6.54 Å². The van der Waals surface area contributed by atoms with Crippen LogP contribution in [0.4, 0.5) is 0 Å². The summed E-state index contributed by atoms with van der Waals surface area (Å²) in [5.74, 6) is 5.75. The van der Waals surface area contributed by atoms with Gasteiger partial charge in [-0.3, -0.25) is 15.1 Å². The predicted molar refractivity (Wildman–Crippen MR) is 64.1 cm³/mol. The van der Waals surface area contributed by atoms with E-state index in [1.54, 1.807) is 6.07 Å². The number of carbonyl (C=O) groups excluding carboxylic acids is 1. The molecule has 1 amide bonds. The fourth-order valence-corrected chi connectivity index (χ4v) is 2.25. The summed E-state index contributed by atoms with van der Waals surface area (Å²) < 4.78 is 5.45. The molecule has 0 saturated carbocycles. The van der Waals surface area contributed by atoms with Crippen molar-refractivity contribution in [2.45, 2.75) is 38.8 Å². The first-order chi connectivity index (χ1) is 8.20. The summed E-state index contributed by atoms with van der Waals surface area (Å²) >= 11 is 0. The van der Waals surface area contributed by atoms with Crippen molar-refractivity contribution in [3.05, 3.63) is 23.7 Å². The molecule has 1 aromatic heterocycles. The van der Waals surface area contributed by atoms with Gasteiger partial charge in [0, 0.05) is 6.04 Å². The van der Waals surface area contributed by atoms with Gasteiger partial charge in [0.2, 0.25) is 0 Å². The maximum atomic E-state index is 11.2. The molecule has 2 rings (SSSR count). The van der Waals surface area contributed by atoms with Gasteiger partial charge < -0.3 is 4.42 Å². The van der Waals surface area contributed by atoms with Crippen molar-refractivity contribution in [3.8, 4) is 0 Å². The highest BCUT2D eigenvalue weighted by atomic mass is 16.4. The number of carbonyl (C=O) groups is 1. The monoisotopic (exact) mass is 237 g/mol. The number of hydrogen-bond acceptors (Lipinski definition) is 4. The van der Waals surface area contributed by atoms with Crippen LogP contribution in [0.25, 0.3) is 0 Å². The highest BCUT2D eigenvalue weighted by Gasteiger charge is 2.20. The summed E-state index contributed by atoms with van der Waals surface area (Å²) in [6.07, 6.45) is 3.77. The molecule has 0 radical (unpaired) electrons. The van der Waals surface area contributed by atoms with Crippen LogP contribution in [0.2, 0.25) is 0 Å². The van der Waals surface area contributed by atoms with Gasteiger partial charge in [-0.2, -0.15) is 0 Å². The van der Waals surface area contributed by atoms with Gasteiger partial charge in [0.15, 0.2) is 5.76 Å². The number of hydrogen-bond donors (Lipinski definition) is 2. The molecule has 1 aliphatic rings. The second-order valence-corrected chi connectivity index (χ2v) is 4.55. The van der Waals surface area contributed by atoms with Crippen molar-refractivity contribution < 1.29 is 9.21 Å². The van der Waals surface area contributed by atoms with Gasteiger partial charge in [-0.05, 0) is 38.4 Å². The Morgan fingerprint density at radius 1 is 1.59 bits per heavy atom. The third-order valence-electron chi connectivity index (χ3n) is 3.32. The molecule has 1 unspecified atom stereocenters. The minimum atomic E-state index is -0.386. The Balaban J connectivity index is 1.98. The van der Waals surface area contributed by atoms with E-state index in [0.29, 0.717) is 6.04 Å². The van der Waals surface area contributed by atoms with Gasteiger partial charge in [0.1, 0.15) is 5.76 Å². The molecule has 0 spiro atoms. The predicted octanol–water partition coefficient (Wildman–Crippen LogP) is 1.26. The molecule has 17 heavy (non-hydrogen) atoms. The molecule has 1 aliphatic heterocycles. The van der Waals surface area contributed by atoms with Crippen LogP contribution in [0.15, 0.2) is 16.5 Å². The Morgan fingerprint density at radius 3 is 3.12 bits per heavy atom. The van der Waals surface area contributed by atoms with Crippen molar-refractivity contribution >= 4 is 5.91 Å². The van der Waals surface area contributed by atoms with Gasteiger partial charge in [-0.1, -0.05) is 6.42 Å². The first-order valence-corrected chi connectivity index (χ1v) is 6.04. The second kappa shape index (κ2) is 5.33. The van der Waals surface area contributed by atoms with E-state index in [1.165, 1.54) is 19.3 Å². The summed E-state index contributed by atoms with van der Waals surface area (Å²) in [7, 11) is 0. The zero-order valence-corrected chi connectivity index (χ0v) is 10.1. The van der Waals surface area contributed by atoms with Crippen LogP contribution in [-0.2, 0) is 6.54 Å².